The van der Waals surface area contributed by atoms with Crippen LogP contribution in [0, 0.1) is 0 Å². The predicted octanol–water partition coefficient (Wildman–Crippen LogP) is 1.73. The second-order valence-corrected chi connectivity index (χ2v) is 8.10. The molecule has 0 spiro atoms. The summed E-state index contributed by atoms with van der Waals surface area (Å²) < 4.78 is 26.8. The van der Waals surface area contributed by atoms with Crippen molar-refractivity contribution in [2.75, 3.05) is 20.6 Å². The minimum absolute atomic E-state index is 0.271. The first-order valence-electron chi connectivity index (χ1n) is 6.63. The van der Waals surface area contributed by atoms with Crippen LogP contribution in [-0.4, -0.2) is 38.3 Å². The van der Waals surface area contributed by atoms with Crippen LogP contribution in [0.15, 0.2) is 40.7 Å². The van der Waals surface area contributed by atoms with Crippen LogP contribution in [0.2, 0.25) is 0 Å². The summed E-state index contributed by atoms with van der Waals surface area (Å²) in [6, 6.07) is 9.04. The van der Waals surface area contributed by atoms with Crippen LogP contribution in [0.1, 0.15) is 10.6 Å². The normalized spacial score (nSPS) is 12.0. The molecule has 114 valence electrons. The average molecular weight is 325 g/mol. The second-order valence-electron chi connectivity index (χ2n) is 4.66. The third kappa shape index (κ3) is 4.10. The monoisotopic (exact) mass is 325 g/mol. The van der Waals surface area contributed by atoms with Gasteiger partial charge in [-0.2, -0.15) is 4.31 Å². The van der Waals surface area contributed by atoms with Gasteiger partial charge in [0.25, 0.3) is 10.0 Å². The molecule has 2 heterocycles. The maximum absolute atomic E-state index is 12.5. The van der Waals surface area contributed by atoms with E-state index in [0.717, 1.165) is 23.5 Å². The summed E-state index contributed by atoms with van der Waals surface area (Å²) >= 11 is 1.33. The van der Waals surface area contributed by atoms with Crippen LogP contribution in [0.3, 0.4) is 0 Å². The molecule has 0 aliphatic heterocycles. The largest absolute Gasteiger partial charge is 0.319 e. The highest BCUT2D eigenvalue weighted by Crippen LogP contribution is 2.25. The van der Waals surface area contributed by atoms with Crippen LogP contribution in [0.4, 0.5) is 0 Å². The molecular weight excluding hydrogens is 306 g/mol. The van der Waals surface area contributed by atoms with Crippen molar-refractivity contribution in [3.63, 3.8) is 0 Å². The molecule has 2 aromatic heterocycles. The number of hydrogen-bond donors (Lipinski definition) is 1. The third-order valence-electron chi connectivity index (χ3n) is 3.03. The van der Waals surface area contributed by atoms with Crippen molar-refractivity contribution in [1.82, 2.24) is 14.6 Å². The lowest BCUT2D eigenvalue weighted by Crippen LogP contribution is -2.26. The SMILES string of the molecule is CNCCc1ccc(S(=O)(=O)N(C)Cc2ccccn2)s1. The first-order chi connectivity index (χ1) is 10.0. The number of likely N-dealkylation sites (N-methyl/N-ethyl adjacent to an activating group) is 1. The van der Waals surface area contributed by atoms with E-state index >= 15 is 0 Å². The van der Waals surface area contributed by atoms with Crippen molar-refractivity contribution in [2.45, 2.75) is 17.2 Å². The van der Waals surface area contributed by atoms with Gasteiger partial charge in [0, 0.05) is 18.1 Å². The summed E-state index contributed by atoms with van der Waals surface area (Å²) in [5, 5.41) is 3.06. The zero-order chi connectivity index (χ0) is 15.3. The fraction of sp³-hybridized carbons (Fsp3) is 0.357. The summed E-state index contributed by atoms with van der Waals surface area (Å²) in [4.78, 5) is 5.22. The second kappa shape index (κ2) is 7.13. The van der Waals surface area contributed by atoms with Gasteiger partial charge in [-0.3, -0.25) is 4.98 Å². The van der Waals surface area contributed by atoms with E-state index in [1.54, 1.807) is 19.3 Å². The Labute approximate surface area is 129 Å². The maximum Gasteiger partial charge on any atom is 0.252 e. The quantitative estimate of drug-likeness (QED) is 0.842. The van der Waals surface area contributed by atoms with E-state index in [-0.39, 0.29) is 6.54 Å². The Morgan fingerprint density at radius 2 is 2.10 bits per heavy atom. The van der Waals surface area contributed by atoms with E-state index in [1.807, 2.05) is 31.3 Å². The summed E-state index contributed by atoms with van der Waals surface area (Å²) in [5.74, 6) is 0. The van der Waals surface area contributed by atoms with Crippen LogP contribution in [-0.2, 0) is 23.0 Å². The van der Waals surface area contributed by atoms with Crippen LogP contribution in [0.25, 0.3) is 0 Å². The number of sulfonamides is 1. The average Bonchev–Trinajstić information content (AvgIpc) is 2.95. The molecule has 7 heteroatoms. The molecule has 0 radical (unpaired) electrons. The van der Waals surface area contributed by atoms with E-state index in [9.17, 15) is 8.42 Å². The van der Waals surface area contributed by atoms with E-state index in [1.165, 1.54) is 15.6 Å². The fourth-order valence-corrected chi connectivity index (χ4v) is 4.55. The topological polar surface area (TPSA) is 62.3 Å². The first kappa shape index (κ1) is 16.1. The van der Waals surface area contributed by atoms with E-state index in [2.05, 4.69) is 10.3 Å². The Bertz CT molecular complexity index is 669. The molecule has 0 bridgehead atoms. The molecule has 0 saturated carbocycles. The number of nitrogens with one attached hydrogen (secondary N) is 1. The molecule has 0 atom stereocenters. The molecule has 0 amide bonds. The molecule has 1 N–H and O–H groups in total. The molecule has 0 saturated heterocycles. The van der Waals surface area contributed by atoms with Crippen molar-refractivity contribution >= 4 is 21.4 Å². The van der Waals surface area contributed by atoms with Crippen LogP contribution < -0.4 is 5.32 Å². The number of rotatable bonds is 7. The van der Waals surface area contributed by atoms with Gasteiger partial charge in [0.2, 0.25) is 0 Å². The summed E-state index contributed by atoms with van der Waals surface area (Å²) in [6.07, 6.45) is 2.50. The van der Waals surface area contributed by atoms with Crippen molar-refractivity contribution in [1.29, 1.82) is 0 Å². The number of thiophene rings is 1. The summed E-state index contributed by atoms with van der Waals surface area (Å²) in [6.45, 7) is 1.11. The Morgan fingerprint density at radius 1 is 1.29 bits per heavy atom. The molecule has 0 aromatic carbocycles. The van der Waals surface area contributed by atoms with E-state index in [4.69, 9.17) is 0 Å². The van der Waals surface area contributed by atoms with Gasteiger partial charge >= 0.3 is 0 Å². The Balaban J connectivity index is 2.11. The van der Waals surface area contributed by atoms with Gasteiger partial charge in [0.15, 0.2) is 0 Å². The molecule has 0 aliphatic rings. The minimum Gasteiger partial charge on any atom is -0.319 e. The van der Waals surface area contributed by atoms with Crippen LogP contribution >= 0.6 is 11.3 Å². The van der Waals surface area contributed by atoms with Crippen molar-refractivity contribution < 1.29 is 8.42 Å². The number of pyridine rings is 1. The highest BCUT2D eigenvalue weighted by atomic mass is 32.2. The summed E-state index contributed by atoms with van der Waals surface area (Å²) in [5.41, 5.74) is 0.732. The smallest absolute Gasteiger partial charge is 0.252 e. The maximum atomic E-state index is 12.5. The zero-order valence-corrected chi connectivity index (χ0v) is 13.7. The van der Waals surface area contributed by atoms with Gasteiger partial charge in [-0.25, -0.2) is 8.42 Å². The Morgan fingerprint density at radius 3 is 2.76 bits per heavy atom. The highest BCUT2D eigenvalue weighted by Gasteiger charge is 2.23. The lowest BCUT2D eigenvalue weighted by Gasteiger charge is -2.15. The van der Waals surface area contributed by atoms with E-state index < -0.39 is 10.0 Å². The first-order valence-corrected chi connectivity index (χ1v) is 8.89. The molecular formula is C14H19N3O2S2. The predicted molar refractivity (Wildman–Crippen MR) is 84.8 cm³/mol. The summed E-state index contributed by atoms with van der Waals surface area (Å²) in [7, 11) is 0.0113. The molecule has 0 unspecified atom stereocenters. The van der Waals surface area contributed by atoms with Gasteiger partial charge in [-0.1, -0.05) is 6.07 Å². The van der Waals surface area contributed by atoms with Crippen LogP contribution in [0.5, 0.6) is 0 Å². The Hall–Kier alpha value is -1.28. The fourth-order valence-electron chi connectivity index (χ4n) is 1.84. The molecule has 0 aliphatic carbocycles. The van der Waals surface area contributed by atoms with Crippen molar-refractivity contribution in [3.05, 3.63) is 47.1 Å². The lowest BCUT2D eigenvalue weighted by molar-refractivity contribution is 0.464. The molecule has 0 fully saturated rings. The van der Waals surface area contributed by atoms with Gasteiger partial charge in [-0.05, 0) is 44.3 Å². The molecule has 5 nitrogen and oxygen atoms in total. The molecule has 2 aromatic rings. The number of nitrogens with zero attached hydrogens (tertiary/aromatic N) is 2. The van der Waals surface area contributed by atoms with E-state index in [0.29, 0.717) is 4.21 Å². The minimum atomic E-state index is -3.45. The Kier molecular flexibility index (Phi) is 5.46. The standard InChI is InChI=1S/C14H19N3O2S2/c1-15-10-8-13-6-7-14(20-13)21(18,19)17(2)11-12-5-3-4-9-16-12/h3-7,9,15H,8,10-11H2,1-2H3. The lowest BCUT2D eigenvalue weighted by atomic mass is 10.3. The number of hydrogen-bond acceptors (Lipinski definition) is 5. The van der Waals surface area contributed by atoms with Crippen molar-refractivity contribution in [2.24, 2.45) is 0 Å². The molecule has 21 heavy (non-hydrogen) atoms. The van der Waals surface area contributed by atoms with Gasteiger partial charge in [0.05, 0.1) is 12.2 Å². The number of aromatic nitrogens is 1. The van der Waals surface area contributed by atoms with Crippen molar-refractivity contribution in [3.8, 4) is 0 Å². The third-order valence-corrected chi connectivity index (χ3v) is 6.45. The molecule has 2 rings (SSSR count). The van der Waals surface area contributed by atoms with Gasteiger partial charge in [0.1, 0.15) is 4.21 Å². The highest BCUT2D eigenvalue weighted by molar-refractivity contribution is 7.91. The zero-order valence-electron chi connectivity index (χ0n) is 12.1. The van der Waals surface area contributed by atoms with Gasteiger partial charge < -0.3 is 5.32 Å². The van der Waals surface area contributed by atoms with Gasteiger partial charge in [-0.15, -0.1) is 11.3 Å².